The molecule has 0 saturated heterocycles. The van der Waals surface area contributed by atoms with Crippen molar-refractivity contribution in [2.24, 2.45) is 5.73 Å². The summed E-state index contributed by atoms with van der Waals surface area (Å²) in [6.45, 7) is 2.01. The lowest BCUT2D eigenvalue weighted by atomic mass is 9.93. The Kier molecular flexibility index (Phi) is 9.27. The molecule has 0 unspecified atom stereocenters. The van der Waals surface area contributed by atoms with Crippen LogP contribution in [0.3, 0.4) is 0 Å². The molecule has 3 rings (SSSR count). The summed E-state index contributed by atoms with van der Waals surface area (Å²) in [6.07, 6.45) is -2.09. The number of rotatable bonds is 10. The van der Waals surface area contributed by atoms with Crippen molar-refractivity contribution in [3.05, 3.63) is 40.7 Å². The van der Waals surface area contributed by atoms with E-state index in [1.54, 1.807) is 0 Å². The number of halogens is 3. The van der Waals surface area contributed by atoms with E-state index >= 15 is 0 Å². The standard InChI is InChI=1S/C24H31F3N6O4/c1-3-18-21(30-13-4-7-15(34)8-5-13)33-22(19(32-18)20(28)35)31-14-6-9-16(17(12-14)24(25,26)27)23(36)29-10-11-37-2/h6,9,12-13,15,34H,3-5,7-8,10-11H2,1-2H3,(H2,28,35)(H,29,36)(H2,30,31,33)/t13-,15-. The van der Waals surface area contributed by atoms with Crippen LogP contribution in [0.25, 0.3) is 0 Å². The van der Waals surface area contributed by atoms with E-state index in [0.717, 1.165) is 12.1 Å². The third kappa shape index (κ3) is 7.29. The van der Waals surface area contributed by atoms with Crippen molar-refractivity contribution in [1.82, 2.24) is 15.3 Å². The number of nitrogens with two attached hydrogens (primary N) is 1. The Morgan fingerprint density at radius 1 is 1.16 bits per heavy atom. The number of aliphatic hydroxyl groups is 1. The third-order valence-corrected chi connectivity index (χ3v) is 6.00. The smallest absolute Gasteiger partial charge is 0.393 e. The number of nitrogens with zero attached hydrogens (tertiary/aromatic N) is 2. The highest BCUT2D eigenvalue weighted by Gasteiger charge is 2.35. The van der Waals surface area contributed by atoms with Crippen LogP contribution in [-0.2, 0) is 17.3 Å². The first-order chi connectivity index (χ1) is 17.5. The van der Waals surface area contributed by atoms with Gasteiger partial charge in [0.25, 0.3) is 11.8 Å². The number of carbonyl (C=O) groups is 2. The van der Waals surface area contributed by atoms with Crippen molar-refractivity contribution in [2.75, 3.05) is 30.9 Å². The maximum Gasteiger partial charge on any atom is 0.417 e. The molecule has 10 nitrogen and oxygen atoms in total. The van der Waals surface area contributed by atoms with Crippen LogP contribution in [0.5, 0.6) is 0 Å². The predicted octanol–water partition coefficient (Wildman–Crippen LogP) is 2.99. The van der Waals surface area contributed by atoms with Crippen molar-refractivity contribution in [3.63, 3.8) is 0 Å². The highest BCUT2D eigenvalue weighted by molar-refractivity contribution is 5.98. The summed E-state index contributed by atoms with van der Waals surface area (Å²) < 4.78 is 46.2. The number of alkyl halides is 3. The number of aryl methyl sites for hydroxylation is 1. The molecule has 1 aromatic heterocycles. The number of aromatic nitrogens is 2. The Bertz CT molecular complexity index is 1120. The molecule has 37 heavy (non-hydrogen) atoms. The van der Waals surface area contributed by atoms with Crippen LogP contribution in [0.4, 0.5) is 30.5 Å². The van der Waals surface area contributed by atoms with Gasteiger partial charge in [-0.3, -0.25) is 9.59 Å². The van der Waals surface area contributed by atoms with E-state index < -0.39 is 29.1 Å². The van der Waals surface area contributed by atoms with E-state index in [-0.39, 0.29) is 42.5 Å². The lowest BCUT2D eigenvalue weighted by molar-refractivity contribution is -0.137. The molecule has 2 amide bonds. The van der Waals surface area contributed by atoms with Gasteiger partial charge in [-0.25, -0.2) is 9.97 Å². The SMILES string of the molecule is CCc1nc(C(N)=O)c(Nc2ccc(C(=O)NCCOC)c(C(F)(F)F)c2)nc1N[C@H]1CC[C@H](O)CC1. The van der Waals surface area contributed by atoms with Crippen LogP contribution in [-0.4, -0.2) is 59.3 Å². The minimum Gasteiger partial charge on any atom is -0.393 e. The number of amides is 2. The fourth-order valence-electron chi connectivity index (χ4n) is 4.06. The lowest BCUT2D eigenvalue weighted by Crippen LogP contribution is -2.30. The van der Waals surface area contributed by atoms with Crippen LogP contribution in [0.2, 0.25) is 0 Å². The zero-order chi connectivity index (χ0) is 27.2. The van der Waals surface area contributed by atoms with E-state index in [4.69, 9.17) is 10.5 Å². The molecule has 0 aliphatic heterocycles. The quantitative estimate of drug-likeness (QED) is 0.298. The van der Waals surface area contributed by atoms with Crippen molar-refractivity contribution in [1.29, 1.82) is 0 Å². The molecule has 13 heteroatoms. The van der Waals surface area contributed by atoms with Gasteiger partial charge in [-0.1, -0.05) is 6.92 Å². The van der Waals surface area contributed by atoms with E-state index in [2.05, 4.69) is 25.9 Å². The van der Waals surface area contributed by atoms with Crippen molar-refractivity contribution in [3.8, 4) is 0 Å². The molecular weight excluding hydrogens is 493 g/mol. The molecule has 0 bridgehead atoms. The summed E-state index contributed by atoms with van der Waals surface area (Å²) >= 11 is 0. The van der Waals surface area contributed by atoms with Gasteiger partial charge >= 0.3 is 6.18 Å². The van der Waals surface area contributed by atoms with Crippen LogP contribution in [0, 0.1) is 0 Å². The Balaban J connectivity index is 1.95. The summed E-state index contributed by atoms with van der Waals surface area (Å²) in [6, 6.07) is 3.09. The minimum absolute atomic E-state index is 0.0167. The number of methoxy groups -OCH3 is 1. The predicted molar refractivity (Wildman–Crippen MR) is 131 cm³/mol. The molecule has 202 valence electrons. The molecule has 1 fully saturated rings. The van der Waals surface area contributed by atoms with Gasteiger partial charge in [-0.15, -0.1) is 0 Å². The Hall–Kier alpha value is -3.45. The fourth-order valence-corrected chi connectivity index (χ4v) is 4.06. The maximum absolute atomic E-state index is 13.8. The largest absolute Gasteiger partial charge is 0.417 e. The van der Waals surface area contributed by atoms with Gasteiger partial charge in [0, 0.05) is 25.4 Å². The van der Waals surface area contributed by atoms with Crippen molar-refractivity contribution < 1.29 is 32.6 Å². The molecule has 1 heterocycles. The number of primary amides is 1. The highest BCUT2D eigenvalue weighted by atomic mass is 19.4. The number of benzene rings is 1. The molecule has 1 aliphatic carbocycles. The fraction of sp³-hybridized carbons (Fsp3) is 0.500. The summed E-state index contributed by atoms with van der Waals surface area (Å²) in [5, 5.41) is 18.1. The molecule has 0 spiro atoms. The topological polar surface area (TPSA) is 151 Å². The van der Waals surface area contributed by atoms with Gasteiger partial charge < -0.3 is 31.5 Å². The maximum atomic E-state index is 13.8. The van der Waals surface area contributed by atoms with Crippen molar-refractivity contribution >= 4 is 29.1 Å². The molecule has 0 radical (unpaired) electrons. The van der Waals surface area contributed by atoms with Gasteiger partial charge in [0.1, 0.15) is 5.82 Å². The number of hydrogen-bond donors (Lipinski definition) is 5. The monoisotopic (exact) mass is 524 g/mol. The summed E-state index contributed by atoms with van der Waals surface area (Å²) in [5.41, 5.74) is 3.96. The second-order valence-electron chi connectivity index (χ2n) is 8.72. The lowest BCUT2D eigenvalue weighted by Gasteiger charge is -2.27. The first-order valence-electron chi connectivity index (χ1n) is 11.9. The van der Waals surface area contributed by atoms with E-state index in [0.29, 0.717) is 43.6 Å². The molecule has 2 aromatic rings. The van der Waals surface area contributed by atoms with Crippen LogP contribution >= 0.6 is 0 Å². The van der Waals surface area contributed by atoms with Crippen LogP contribution in [0.1, 0.15) is 64.7 Å². The zero-order valence-electron chi connectivity index (χ0n) is 20.6. The summed E-state index contributed by atoms with van der Waals surface area (Å²) in [7, 11) is 1.41. The number of hydrogen-bond acceptors (Lipinski definition) is 8. The molecule has 1 saturated carbocycles. The first-order valence-corrected chi connectivity index (χ1v) is 11.9. The number of nitrogens with one attached hydrogen (secondary N) is 3. The highest BCUT2D eigenvalue weighted by Crippen LogP contribution is 2.35. The molecule has 1 aliphatic rings. The van der Waals surface area contributed by atoms with E-state index in [1.807, 2.05) is 6.92 Å². The minimum atomic E-state index is -4.83. The van der Waals surface area contributed by atoms with Gasteiger partial charge in [0.15, 0.2) is 11.5 Å². The molecule has 0 atom stereocenters. The van der Waals surface area contributed by atoms with Crippen LogP contribution in [0.15, 0.2) is 18.2 Å². The molecule has 6 N–H and O–H groups in total. The Labute approximate surface area is 212 Å². The average molecular weight is 525 g/mol. The number of anilines is 3. The first kappa shape index (κ1) is 28.1. The van der Waals surface area contributed by atoms with Gasteiger partial charge in [0.05, 0.1) is 29.5 Å². The van der Waals surface area contributed by atoms with Gasteiger partial charge in [-0.2, -0.15) is 13.2 Å². The number of carbonyl (C=O) groups excluding carboxylic acids is 2. The normalized spacial score (nSPS) is 17.8. The van der Waals surface area contributed by atoms with Gasteiger partial charge in [-0.05, 0) is 50.3 Å². The Morgan fingerprint density at radius 3 is 2.46 bits per heavy atom. The zero-order valence-corrected chi connectivity index (χ0v) is 20.6. The average Bonchev–Trinajstić information content (AvgIpc) is 2.85. The summed E-state index contributed by atoms with van der Waals surface area (Å²) in [4.78, 5) is 33.2. The Morgan fingerprint density at radius 2 is 1.86 bits per heavy atom. The second kappa shape index (κ2) is 12.2. The number of ether oxygens (including phenoxy) is 1. The second-order valence-corrected chi connectivity index (χ2v) is 8.72. The van der Waals surface area contributed by atoms with E-state index in [9.17, 15) is 27.9 Å². The molecular formula is C24H31F3N6O4. The van der Waals surface area contributed by atoms with Crippen molar-refractivity contribution in [2.45, 2.75) is 57.3 Å². The summed E-state index contributed by atoms with van der Waals surface area (Å²) in [5.74, 6) is -1.54. The van der Waals surface area contributed by atoms with E-state index in [1.165, 1.54) is 13.2 Å². The third-order valence-electron chi connectivity index (χ3n) is 6.00. The molecule has 1 aromatic carbocycles. The van der Waals surface area contributed by atoms with Crippen LogP contribution < -0.4 is 21.7 Å². The van der Waals surface area contributed by atoms with Gasteiger partial charge in [0.2, 0.25) is 0 Å². The number of aliphatic hydroxyl groups excluding tert-OH is 1.